The maximum Gasteiger partial charge on any atom is 0.225 e. The second-order valence-electron chi connectivity index (χ2n) is 5.01. The van der Waals surface area contributed by atoms with Crippen molar-refractivity contribution in [2.24, 2.45) is 0 Å². The summed E-state index contributed by atoms with van der Waals surface area (Å²) in [5, 5.41) is 10.2. The largest absolute Gasteiger partial charge is 0.391 e. The van der Waals surface area contributed by atoms with Gasteiger partial charge in [-0.25, -0.2) is 14.4 Å². The van der Waals surface area contributed by atoms with Crippen molar-refractivity contribution < 1.29 is 9.50 Å². The van der Waals surface area contributed by atoms with Crippen LogP contribution in [-0.4, -0.2) is 33.8 Å². The second-order valence-corrected chi connectivity index (χ2v) is 5.01. The molecule has 0 unspecified atom stereocenters. The number of nitrogens with zero attached hydrogens (tertiary/aromatic N) is 3. The SMILES string of the molecule is O[C@@H]1CCN(c2ncc(F)cn2)[C@@H]1Cc1ccccc1. The Balaban J connectivity index is 1.81. The Bertz CT molecular complexity index is 561. The third-order valence-corrected chi connectivity index (χ3v) is 3.66. The Morgan fingerprint density at radius 1 is 1.20 bits per heavy atom. The van der Waals surface area contributed by atoms with Crippen molar-refractivity contribution in [1.82, 2.24) is 9.97 Å². The van der Waals surface area contributed by atoms with E-state index in [2.05, 4.69) is 9.97 Å². The van der Waals surface area contributed by atoms with Crippen molar-refractivity contribution >= 4 is 5.95 Å². The Morgan fingerprint density at radius 3 is 2.60 bits per heavy atom. The van der Waals surface area contributed by atoms with Crippen LogP contribution in [0.25, 0.3) is 0 Å². The third kappa shape index (κ3) is 2.63. The summed E-state index contributed by atoms with van der Waals surface area (Å²) in [6.45, 7) is 0.685. The van der Waals surface area contributed by atoms with Gasteiger partial charge in [-0.05, 0) is 18.4 Å². The lowest BCUT2D eigenvalue weighted by molar-refractivity contribution is 0.163. The van der Waals surface area contributed by atoms with Crippen LogP contribution in [0, 0.1) is 5.82 Å². The molecule has 104 valence electrons. The van der Waals surface area contributed by atoms with Gasteiger partial charge in [-0.3, -0.25) is 0 Å². The van der Waals surface area contributed by atoms with E-state index < -0.39 is 11.9 Å². The highest BCUT2D eigenvalue weighted by molar-refractivity contribution is 5.35. The third-order valence-electron chi connectivity index (χ3n) is 3.66. The summed E-state index contributed by atoms with van der Waals surface area (Å²) in [4.78, 5) is 9.99. The molecule has 2 aromatic rings. The zero-order valence-electron chi connectivity index (χ0n) is 11.0. The lowest BCUT2D eigenvalue weighted by Gasteiger charge is -2.26. The lowest BCUT2D eigenvalue weighted by Crippen LogP contribution is -2.38. The monoisotopic (exact) mass is 273 g/mol. The fourth-order valence-electron chi connectivity index (χ4n) is 2.64. The van der Waals surface area contributed by atoms with Crippen molar-refractivity contribution in [3.8, 4) is 0 Å². The summed E-state index contributed by atoms with van der Waals surface area (Å²) < 4.78 is 12.9. The van der Waals surface area contributed by atoms with Crippen molar-refractivity contribution in [2.75, 3.05) is 11.4 Å². The van der Waals surface area contributed by atoms with E-state index in [4.69, 9.17) is 0 Å². The summed E-state index contributed by atoms with van der Waals surface area (Å²) in [5.74, 6) is 0.0250. The molecule has 0 bridgehead atoms. The molecule has 3 rings (SSSR count). The van der Waals surface area contributed by atoms with E-state index in [0.29, 0.717) is 18.9 Å². The Labute approximate surface area is 116 Å². The van der Waals surface area contributed by atoms with Crippen LogP contribution in [0.1, 0.15) is 12.0 Å². The highest BCUT2D eigenvalue weighted by atomic mass is 19.1. The van der Waals surface area contributed by atoms with Crippen molar-refractivity contribution in [2.45, 2.75) is 25.0 Å². The van der Waals surface area contributed by atoms with Crippen LogP contribution in [0.2, 0.25) is 0 Å². The van der Waals surface area contributed by atoms with Crippen LogP contribution < -0.4 is 4.90 Å². The van der Waals surface area contributed by atoms with Gasteiger partial charge in [-0.1, -0.05) is 30.3 Å². The first-order valence-corrected chi connectivity index (χ1v) is 6.70. The molecule has 0 spiro atoms. The van der Waals surface area contributed by atoms with Gasteiger partial charge in [-0.15, -0.1) is 0 Å². The number of rotatable bonds is 3. The van der Waals surface area contributed by atoms with E-state index in [1.807, 2.05) is 35.2 Å². The fraction of sp³-hybridized carbons (Fsp3) is 0.333. The molecule has 1 aromatic heterocycles. The Hall–Kier alpha value is -2.01. The zero-order valence-corrected chi connectivity index (χ0v) is 11.0. The zero-order chi connectivity index (χ0) is 13.9. The highest BCUT2D eigenvalue weighted by Gasteiger charge is 2.34. The summed E-state index contributed by atoms with van der Waals surface area (Å²) in [5.41, 5.74) is 1.16. The van der Waals surface area contributed by atoms with Crippen molar-refractivity contribution in [3.63, 3.8) is 0 Å². The standard InChI is InChI=1S/C15H16FN3O/c16-12-9-17-15(18-10-12)19-7-6-14(20)13(19)8-11-4-2-1-3-5-11/h1-5,9-10,13-14,20H,6-8H2/t13-,14-/m1/s1. The number of aliphatic hydroxyl groups excluding tert-OH is 1. The predicted octanol–water partition coefficient (Wildman–Crippen LogP) is 1.80. The van der Waals surface area contributed by atoms with Crippen molar-refractivity contribution in [3.05, 3.63) is 54.1 Å². The number of hydrogen-bond donors (Lipinski definition) is 1. The van der Waals surface area contributed by atoms with Crippen LogP contribution in [-0.2, 0) is 6.42 Å². The molecule has 1 aliphatic rings. The first-order valence-electron chi connectivity index (χ1n) is 6.70. The van der Waals surface area contributed by atoms with E-state index in [9.17, 15) is 9.50 Å². The number of hydrogen-bond acceptors (Lipinski definition) is 4. The quantitative estimate of drug-likeness (QED) is 0.926. The van der Waals surface area contributed by atoms with Gasteiger partial charge in [0.25, 0.3) is 0 Å². The fourth-order valence-corrected chi connectivity index (χ4v) is 2.64. The molecule has 2 atom stereocenters. The van der Waals surface area contributed by atoms with Gasteiger partial charge in [0.2, 0.25) is 5.95 Å². The van der Waals surface area contributed by atoms with E-state index >= 15 is 0 Å². The number of anilines is 1. The molecule has 0 radical (unpaired) electrons. The molecule has 0 aliphatic carbocycles. The molecule has 1 aromatic carbocycles. The van der Waals surface area contributed by atoms with Gasteiger partial charge in [0.05, 0.1) is 24.5 Å². The topological polar surface area (TPSA) is 49.2 Å². The van der Waals surface area contributed by atoms with E-state index in [1.165, 1.54) is 0 Å². The average molecular weight is 273 g/mol. The van der Waals surface area contributed by atoms with Crippen LogP contribution >= 0.6 is 0 Å². The molecule has 0 saturated carbocycles. The van der Waals surface area contributed by atoms with Gasteiger partial charge in [0, 0.05) is 6.54 Å². The minimum atomic E-state index is -0.451. The summed E-state index contributed by atoms with van der Waals surface area (Å²) >= 11 is 0. The molecule has 1 N–H and O–H groups in total. The van der Waals surface area contributed by atoms with Crippen LogP contribution in [0.15, 0.2) is 42.7 Å². The van der Waals surface area contributed by atoms with E-state index in [1.54, 1.807) is 0 Å². The summed E-state index contributed by atoms with van der Waals surface area (Å²) in [6.07, 6.45) is 3.31. The minimum Gasteiger partial charge on any atom is -0.391 e. The van der Waals surface area contributed by atoms with E-state index in [-0.39, 0.29) is 6.04 Å². The van der Waals surface area contributed by atoms with Gasteiger partial charge < -0.3 is 10.0 Å². The number of aromatic nitrogens is 2. The maximum atomic E-state index is 12.9. The van der Waals surface area contributed by atoms with Crippen LogP contribution in [0.4, 0.5) is 10.3 Å². The van der Waals surface area contributed by atoms with Gasteiger partial charge in [0.1, 0.15) is 0 Å². The van der Waals surface area contributed by atoms with Crippen LogP contribution in [0.3, 0.4) is 0 Å². The molecular weight excluding hydrogens is 257 g/mol. The van der Waals surface area contributed by atoms with Gasteiger partial charge in [-0.2, -0.15) is 0 Å². The first kappa shape index (κ1) is 13.0. The molecule has 1 saturated heterocycles. The highest BCUT2D eigenvalue weighted by Crippen LogP contribution is 2.25. The lowest BCUT2D eigenvalue weighted by atomic mass is 10.0. The number of halogens is 1. The molecule has 1 fully saturated rings. The molecule has 5 heteroatoms. The maximum absolute atomic E-state index is 12.9. The Kier molecular flexibility index (Phi) is 3.60. The molecule has 20 heavy (non-hydrogen) atoms. The smallest absolute Gasteiger partial charge is 0.225 e. The molecular formula is C15H16FN3O. The summed E-state index contributed by atoms with van der Waals surface area (Å²) in [7, 11) is 0. The predicted molar refractivity (Wildman–Crippen MR) is 73.9 cm³/mol. The molecule has 2 heterocycles. The van der Waals surface area contributed by atoms with Gasteiger partial charge >= 0.3 is 0 Å². The first-order chi connectivity index (χ1) is 9.74. The van der Waals surface area contributed by atoms with E-state index in [0.717, 1.165) is 24.4 Å². The minimum absolute atomic E-state index is 0.0668. The summed E-state index contributed by atoms with van der Waals surface area (Å²) in [6, 6.07) is 9.94. The second kappa shape index (κ2) is 5.54. The Morgan fingerprint density at radius 2 is 1.90 bits per heavy atom. The van der Waals surface area contributed by atoms with Crippen LogP contribution in [0.5, 0.6) is 0 Å². The van der Waals surface area contributed by atoms with Crippen molar-refractivity contribution in [1.29, 1.82) is 0 Å². The molecule has 1 aliphatic heterocycles. The number of aliphatic hydroxyl groups is 1. The number of benzene rings is 1. The van der Waals surface area contributed by atoms with Gasteiger partial charge in [0.15, 0.2) is 5.82 Å². The molecule has 4 nitrogen and oxygen atoms in total. The normalized spacial score (nSPS) is 22.2. The average Bonchev–Trinajstić information content (AvgIpc) is 2.83. The molecule has 0 amide bonds.